The largest absolute Gasteiger partial charge is 2.00 e. The van der Waals surface area contributed by atoms with Crippen molar-refractivity contribution in [1.29, 1.82) is 0 Å². The summed E-state index contributed by atoms with van der Waals surface area (Å²) < 4.78 is 9.10. The fraction of sp³-hybridized carbons (Fsp3) is 1.00. The topological polar surface area (TPSA) is 63.2 Å². The molecule has 0 aliphatic heterocycles. The third-order valence-corrected chi connectivity index (χ3v) is 0. The summed E-state index contributed by atoms with van der Waals surface area (Å²) in [5.41, 5.74) is 0. The van der Waals surface area contributed by atoms with Crippen molar-refractivity contribution in [1.82, 2.24) is 0 Å². The molecular weight excluding hydrogens is 150 g/mol. The fourth-order valence-corrected chi connectivity index (χ4v) is 0. The fourth-order valence-electron chi connectivity index (χ4n) is 0. The third kappa shape index (κ3) is 144. The van der Waals surface area contributed by atoms with Gasteiger partial charge in [-0.1, -0.05) is 7.60 Å². The molecule has 0 atom stereocenters. The first-order valence-electron chi connectivity index (χ1n) is 0.995. The number of rotatable bonds is 0. The van der Waals surface area contributed by atoms with E-state index in [1.807, 2.05) is 0 Å². The van der Waals surface area contributed by atoms with Crippen LogP contribution >= 0.6 is 7.60 Å². The summed E-state index contributed by atoms with van der Waals surface area (Å²) in [5.74, 6) is 0. The van der Waals surface area contributed by atoms with Crippen molar-refractivity contribution in [2.75, 3.05) is 6.66 Å². The van der Waals surface area contributed by atoms with Gasteiger partial charge in [-0.25, -0.2) is 0 Å². The van der Waals surface area contributed by atoms with Crippen LogP contribution in [0.5, 0.6) is 0 Å². The second-order valence-electron chi connectivity index (χ2n) is 0.771. The summed E-state index contributed by atoms with van der Waals surface area (Å²) in [7, 11) is -4.14. The summed E-state index contributed by atoms with van der Waals surface area (Å²) in [5, 5.41) is 0. The predicted molar refractivity (Wildman–Crippen MR) is 13.5 cm³/mol. The van der Waals surface area contributed by atoms with E-state index < -0.39 is 7.60 Å². The maximum absolute atomic E-state index is 9.10. The summed E-state index contributed by atoms with van der Waals surface area (Å²) in [6, 6.07) is 0. The average molecular weight is 153 g/mol. The van der Waals surface area contributed by atoms with Gasteiger partial charge in [0.15, 0.2) is 0 Å². The molecule has 39 valence electrons. The number of hydrogen-bond donors (Lipinski definition) is 0. The summed E-state index contributed by atoms with van der Waals surface area (Å²) in [6.07, 6.45) is 0. The average Bonchev–Trinajstić information content (AvgIpc) is 0.722. The Morgan fingerprint density at radius 3 is 1.50 bits per heavy atom. The van der Waals surface area contributed by atoms with Crippen LogP contribution in [0.2, 0.25) is 0 Å². The Balaban J connectivity index is 0. The van der Waals surface area contributed by atoms with Crippen molar-refractivity contribution in [2.24, 2.45) is 0 Å². The summed E-state index contributed by atoms with van der Waals surface area (Å²) in [6.45, 7) is 0.632. The van der Waals surface area contributed by atoms with E-state index in [0.29, 0.717) is 6.66 Å². The molecule has 0 aromatic rings. The molecule has 0 unspecified atom stereocenters. The molecule has 0 saturated heterocycles. The molecule has 0 aliphatic rings. The van der Waals surface area contributed by atoms with Gasteiger partial charge in [-0.3, -0.25) is 0 Å². The van der Waals surface area contributed by atoms with Gasteiger partial charge in [0.1, 0.15) is 0 Å². The molecule has 5 heteroatoms. The normalized spacial score (nSPS) is 9.83. The van der Waals surface area contributed by atoms with Gasteiger partial charge in [-0.2, -0.15) is 0 Å². The molecule has 0 aromatic carbocycles. The molecule has 0 aromatic heterocycles. The van der Waals surface area contributed by atoms with E-state index in [4.69, 9.17) is 14.4 Å². The minimum Gasteiger partial charge on any atom is -0.811 e. The SMILES string of the molecule is CP(=O)([O-])[O-].[Co+2]. The van der Waals surface area contributed by atoms with Crippen LogP contribution in [0.3, 0.4) is 0 Å². The van der Waals surface area contributed by atoms with Crippen molar-refractivity contribution in [3.05, 3.63) is 0 Å². The standard InChI is InChI=1S/CH5O3P.Co/c1-5(2,3)4;/h1H3,(H2,2,3,4);/q;+2/p-2. The van der Waals surface area contributed by atoms with E-state index in [1.54, 1.807) is 0 Å². The maximum Gasteiger partial charge on any atom is 2.00 e. The van der Waals surface area contributed by atoms with Crippen molar-refractivity contribution in [2.45, 2.75) is 0 Å². The molecule has 1 radical (unpaired) electrons. The molecule has 0 rings (SSSR count). The van der Waals surface area contributed by atoms with Crippen LogP contribution in [0.25, 0.3) is 0 Å². The minimum absolute atomic E-state index is 0. The van der Waals surface area contributed by atoms with Gasteiger partial charge in [-0.05, 0) is 6.66 Å². The Kier molecular flexibility index (Phi) is 4.53. The Morgan fingerprint density at radius 2 is 1.50 bits per heavy atom. The zero-order valence-electron chi connectivity index (χ0n) is 3.01. The van der Waals surface area contributed by atoms with Gasteiger partial charge in [-0.15, -0.1) is 0 Å². The van der Waals surface area contributed by atoms with Crippen LogP contribution in [0.15, 0.2) is 0 Å². The number of hydrogen-bond acceptors (Lipinski definition) is 3. The second-order valence-corrected chi connectivity index (χ2v) is 2.31. The molecule has 0 fully saturated rings. The van der Waals surface area contributed by atoms with Gasteiger partial charge in [0, 0.05) is 0 Å². The summed E-state index contributed by atoms with van der Waals surface area (Å²) >= 11 is 0. The third-order valence-electron chi connectivity index (χ3n) is 0. The van der Waals surface area contributed by atoms with E-state index in [2.05, 4.69) is 0 Å². The Bertz CT molecular complexity index is 56.9. The molecule has 6 heavy (non-hydrogen) atoms. The molecule has 0 saturated carbocycles. The smallest absolute Gasteiger partial charge is 0.811 e. The summed E-state index contributed by atoms with van der Waals surface area (Å²) in [4.78, 5) is 18.2. The van der Waals surface area contributed by atoms with E-state index in [0.717, 1.165) is 0 Å². The van der Waals surface area contributed by atoms with E-state index in [9.17, 15) is 0 Å². The van der Waals surface area contributed by atoms with Crippen LogP contribution in [0.1, 0.15) is 0 Å². The zero-order valence-corrected chi connectivity index (χ0v) is 4.94. The van der Waals surface area contributed by atoms with E-state index in [-0.39, 0.29) is 16.8 Å². The molecule has 0 aliphatic carbocycles. The predicted octanol–water partition coefficient (Wildman–Crippen LogP) is -1.47. The molecule has 0 amide bonds. The molecule has 0 bridgehead atoms. The Morgan fingerprint density at radius 1 is 1.50 bits per heavy atom. The van der Waals surface area contributed by atoms with Crippen molar-refractivity contribution >= 4 is 7.60 Å². The molecule has 0 spiro atoms. The molecule has 0 heterocycles. The second kappa shape index (κ2) is 2.77. The monoisotopic (exact) mass is 153 g/mol. The van der Waals surface area contributed by atoms with Crippen LogP contribution < -0.4 is 9.79 Å². The first-order valence-corrected chi connectivity index (χ1v) is 2.98. The molecule has 3 nitrogen and oxygen atoms in total. The zero-order chi connectivity index (χ0) is 4.50. The quantitative estimate of drug-likeness (QED) is 0.399. The van der Waals surface area contributed by atoms with Crippen LogP contribution in [-0.4, -0.2) is 6.66 Å². The Labute approximate surface area is 46.1 Å². The van der Waals surface area contributed by atoms with Gasteiger partial charge >= 0.3 is 16.8 Å². The van der Waals surface area contributed by atoms with Gasteiger partial charge < -0.3 is 14.4 Å². The Hall–Kier alpha value is 0.656. The molecular formula is CH3CoO3P. The van der Waals surface area contributed by atoms with Gasteiger partial charge in [0.25, 0.3) is 0 Å². The first-order chi connectivity index (χ1) is 2.00. The van der Waals surface area contributed by atoms with Gasteiger partial charge in [0.2, 0.25) is 0 Å². The first kappa shape index (κ1) is 9.82. The van der Waals surface area contributed by atoms with Crippen LogP contribution in [0, 0.1) is 0 Å². The van der Waals surface area contributed by atoms with E-state index >= 15 is 0 Å². The minimum atomic E-state index is -4.14. The van der Waals surface area contributed by atoms with Crippen molar-refractivity contribution in [3.63, 3.8) is 0 Å². The molecule has 0 N–H and O–H groups in total. The van der Waals surface area contributed by atoms with Crippen LogP contribution in [-0.2, 0) is 21.3 Å². The van der Waals surface area contributed by atoms with Gasteiger partial charge in [0.05, 0.1) is 0 Å². The van der Waals surface area contributed by atoms with Crippen molar-refractivity contribution < 1.29 is 31.1 Å². The maximum atomic E-state index is 9.10. The van der Waals surface area contributed by atoms with Crippen LogP contribution in [0.4, 0.5) is 0 Å². The van der Waals surface area contributed by atoms with Crippen molar-refractivity contribution in [3.8, 4) is 0 Å². The van der Waals surface area contributed by atoms with E-state index in [1.165, 1.54) is 0 Å².